The lowest BCUT2D eigenvalue weighted by atomic mass is 10.1. The number of thiazole rings is 1. The fourth-order valence-corrected chi connectivity index (χ4v) is 4.29. The molecule has 0 radical (unpaired) electrons. The Morgan fingerprint density at radius 3 is 2.73 bits per heavy atom. The number of hydrogen-bond acceptors (Lipinski definition) is 8. The minimum absolute atomic E-state index is 0.0122. The first-order valence-corrected chi connectivity index (χ1v) is 11.7. The third-order valence-corrected chi connectivity index (χ3v) is 6.16. The van der Waals surface area contributed by atoms with Crippen LogP contribution in [0.2, 0.25) is 0 Å². The van der Waals surface area contributed by atoms with Crippen LogP contribution in [0.1, 0.15) is 56.6 Å². The van der Waals surface area contributed by atoms with Crippen molar-refractivity contribution in [3.8, 4) is 17.0 Å². The number of nitrogens with zero attached hydrogens (tertiary/aromatic N) is 6. The predicted octanol–water partition coefficient (Wildman–Crippen LogP) is 3.80. The topological polar surface area (TPSA) is 126 Å². The number of aromatic nitrogens is 4. The van der Waals surface area contributed by atoms with Gasteiger partial charge in [-0.05, 0) is 49.6 Å². The van der Waals surface area contributed by atoms with E-state index < -0.39 is 24.1 Å². The standard InChI is InChI=1S/C23H20F3N7O3S/c1-12(29-20(34)16-8-15(14-4-5-14)9-17(10-16)36-23(24,25)26)19-30-13(2)31-33(19)22-28-11-18(37-22)21(35)32(3)7-6-27/h4,8-12H,5,7H2,1-3H3,(H,29,34)/t12-/m0/s1. The van der Waals surface area contributed by atoms with Gasteiger partial charge < -0.3 is 15.0 Å². The summed E-state index contributed by atoms with van der Waals surface area (Å²) in [6.45, 7) is 3.19. The lowest BCUT2D eigenvalue weighted by Crippen LogP contribution is -2.29. The molecule has 0 bridgehead atoms. The number of aryl methyl sites for hydroxylation is 1. The number of amides is 2. The van der Waals surface area contributed by atoms with Gasteiger partial charge in [0.1, 0.15) is 23.0 Å². The van der Waals surface area contributed by atoms with Crippen LogP contribution >= 0.6 is 11.3 Å². The molecule has 1 aliphatic carbocycles. The van der Waals surface area contributed by atoms with Crippen molar-refractivity contribution in [2.75, 3.05) is 13.6 Å². The Balaban J connectivity index is 1.57. The Hall–Kier alpha value is -4.25. The molecule has 2 aromatic heterocycles. The zero-order valence-corrected chi connectivity index (χ0v) is 20.6. The Labute approximate surface area is 213 Å². The maximum atomic E-state index is 13.0. The van der Waals surface area contributed by atoms with E-state index in [2.05, 4.69) is 25.1 Å². The normalized spacial score (nSPS) is 13.4. The number of carbonyl (C=O) groups is 2. The molecule has 14 heteroatoms. The van der Waals surface area contributed by atoms with Crippen LogP contribution in [0.3, 0.4) is 0 Å². The van der Waals surface area contributed by atoms with E-state index in [1.54, 1.807) is 13.8 Å². The Kier molecular flexibility index (Phi) is 6.99. The summed E-state index contributed by atoms with van der Waals surface area (Å²) in [5.74, 6) is -0.826. The summed E-state index contributed by atoms with van der Waals surface area (Å²) in [7, 11) is 1.49. The van der Waals surface area contributed by atoms with Crippen molar-refractivity contribution in [3.63, 3.8) is 0 Å². The smallest absolute Gasteiger partial charge is 0.406 e. The van der Waals surface area contributed by atoms with Gasteiger partial charge in [-0.1, -0.05) is 17.4 Å². The van der Waals surface area contributed by atoms with Gasteiger partial charge in [0.15, 0.2) is 5.82 Å². The number of halogens is 3. The highest BCUT2D eigenvalue weighted by molar-refractivity contribution is 7.16. The maximum Gasteiger partial charge on any atom is 0.573 e. The number of hydrogen-bond donors (Lipinski definition) is 1. The van der Waals surface area contributed by atoms with Crippen LogP contribution in [0, 0.1) is 18.3 Å². The molecular weight excluding hydrogens is 511 g/mol. The minimum atomic E-state index is -4.90. The second-order valence-corrected chi connectivity index (χ2v) is 9.19. The first-order chi connectivity index (χ1) is 17.4. The third kappa shape index (κ3) is 6.12. The van der Waals surface area contributed by atoms with E-state index in [0.29, 0.717) is 28.8 Å². The molecule has 4 rings (SSSR count). The highest BCUT2D eigenvalue weighted by Gasteiger charge is 2.32. The van der Waals surface area contributed by atoms with E-state index in [1.807, 2.05) is 12.1 Å². The van der Waals surface area contributed by atoms with Gasteiger partial charge in [-0.3, -0.25) is 9.59 Å². The molecule has 37 heavy (non-hydrogen) atoms. The van der Waals surface area contributed by atoms with Crippen molar-refractivity contribution in [1.29, 1.82) is 5.26 Å². The van der Waals surface area contributed by atoms with Crippen molar-refractivity contribution in [1.82, 2.24) is 30.0 Å². The maximum absolute atomic E-state index is 13.0. The molecule has 0 saturated carbocycles. The van der Waals surface area contributed by atoms with Crippen LogP contribution in [-0.2, 0) is 0 Å². The van der Waals surface area contributed by atoms with Crippen LogP contribution in [0.25, 0.3) is 10.7 Å². The van der Waals surface area contributed by atoms with E-state index in [9.17, 15) is 22.8 Å². The van der Waals surface area contributed by atoms with Crippen molar-refractivity contribution >= 4 is 28.7 Å². The van der Waals surface area contributed by atoms with Crippen LogP contribution < -0.4 is 10.1 Å². The molecule has 0 unspecified atom stereocenters. The molecule has 0 aliphatic heterocycles. The summed E-state index contributed by atoms with van der Waals surface area (Å²) in [4.78, 5) is 35.6. The largest absolute Gasteiger partial charge is 0.573 e. The van der Waals surface area contributed by atoms with Gasteiger partial charge in [0.2, 0.25) is 5.13 Å². The zero-order valence-electron chi connectivity index (χ0n) is 19.8. The van der Waals surface area contributed by atoms with Crippen molar-refractivity contribution in [3.05, 3.63) is 58.1 Å². The van der Waals surface area contributed by atoms with Crippen molar-refractivity contribution < 1.29 is 27.5 Å². The molecule has 1 atom stereocenters. The Morgan fingerprint density at radius 2 is 2.08 bits per heavy atom. The molecule has 0 fully saturated rings. The average molecular weight is 532 g/mol. The molecule has 192 valence electrons. The van der Waals surface area contributed by atoms with Crippen LogP contribution in [0.15, 0.2) is 30.5 Å². The van der Waals surface area contributed by atoms with Crippen LogP contribution in [0.5, 0.6) is 5.75 Å². The number of carbonyl (C=O) groups excluding carboxylic acids is 2. The molecular formula is C23H20F3N7O3S. The number of nitrogens with one attached hydrogen (secondary N) is 1. The molecule has 2 heterocycles. The first-order valence-electron chi connectivity index (χ1n) is 10.9. The van der Waals surface area contributed by atoms with Crippen molar-refractivity contribution in [2.24, 2.45) is 0 Å². The highest BCUT2D eigenvalue weighted by atomic mass is 32.1. The first kappa shape index (κ1) is 25.8. The van der Waals surface area contributed by atoms with Gasteiger partial charge >= 0.3 is 6.36 Å². The summed E-state index contributed by atoms with van der Waals surface area (Å²) in [6, 6.07) is 4.93. The summed E-state index contributed by atoms with van der Waals surface area (Å²) >= 11 is 1.03. The lowest BCUT2D eigenvalue weighted by Gasteiger charge is -2.15. The summed E-state index contributed by atoms with van der Waals surface area (Å²) in [6.07, 6.45) is -1.09. The number of benzene rings is 1. The van der Waals surface area contributed by atoms with Crippen molar-refractivity contribution in [2.45, 2.75) is 32.7 Å². The number of ether oxygens (including phenoxy) is 1. The van der Waals surface area contributed by atoms with Gasteiger partial charge in [0.25, 0.3) is 11.8 Å². The molecule has 1 aliphatic rings. The third-order valence-electron chi connectivity index (χ3n) is 5.19. The molecule has 0 spiro atoms. The van der Waals surface area contributed by atoms with E-state index in [0.717, 1.165) is 23.0 Å². The highest BCUT2D eigenvalue weighted by Crippen LogP contribution is 2.35. The summed E-state index contributed by atoms with van der Waals surface area (Å²) < 4.78 is 43.8. The molecule has 2 amide bonds. The molecule has 0 saturated heterocycles. The molecule has 3 aromatic rings. The molecule has 1 N–H and O–H groups in total. The SMILES string of the molecule is Cc1nc([C@H](C)NC(=O)c2cc(OC(F)(F)F)cc(C3=CC3)c2)n(-c2ncc(C(=O)N(C)CC#N)s2)n1. The summed E-state index contributed by atoms with van der Waals surface area (Å²) in [5.41, 5.74) is 1.28. The van der Waals surface area contributed by atoms with E-state index in [1.165, 1.54) is 35.0 Å². The number of nitriles is 1. The van der Waals surface area contributed by atoms with E-state index in [-0.39, 0.29) is 22.9 Å². The molecule has 1 aromatic carbocycles. The van der Waals surface area contributed by atoms with Gasteiger partial charge in [-0.25, -0.2) is 9.97 Å². The Bertz CT molecular complexity index is 1440. The van der Waals surface area contributed by atoms with Gasteiger partial charge in [-0.2, -0.15) is 9.94 Å². The van der Waals surface area contributed by atoms with Gasteiger partial charge in [0.05, 0.1) is 18.3 Å². The number of alkyl halides is 3. The summed E-state index contributed by atoms with van der Waals surface area (Å²) in [5, 5.41) is 16.2. The van der Waals surface area contributed by atoms with E-state index >= 15 is 0 Å². The quantitative estimate of drug-likeness (QED) is 0.438. The van der Waals surface area contributed by atoms with Gasteiger partial charge in [-0.15, -0.1) is 18.3 Å². The van der Waals surface area contributed by atoms with E-state index in [4.69, 9.17) is 5.26 Å². The number of allylic oxidation sites excluding steroid dienone is 2. The fraction of sp³-hybridized carbons (Fsp3) is 0.304. The number of rotatable bonds is 8. The molecule has 10 nitrogen and oxygen atoms in total. The lowest BCUT2D eigenvalue weighted by molar-refractivity contribution is -0.274. The predicted molar refractivity (Wildman–Crippen MR) is 126 cm³/mol. The average Bonchev–Trinajstić information content (AvgIpc) is 3.43. The second-order valence-electron chi connectivity index (χ2n) is 8.18. The monoisotopic (exact) mass is 531 g/mol. The zero-order chi connectivity index (χ0) is 26.9. The fourth-order valence-electron chi connectivity index (χ4n) is 3.42. The minimum Gasteiger partial charge on any atom is -0.406 e. The van der Waals surface area contributed by atoms with Gasteiger partial charge in [0, 0.05) is 12.6 Å². The second kappa shape index (κ2) is 10.0. The Morgan fingerprint density at radius 1 is 1.35 bits per heavy atom. The van der Waals surface area contributed by atoms with Crippen LogP contribution in [0.4, 0.5) is 13.2 Å². The van der Waals surface area contributed by atoms with Crippen LogP contribution in [-0.4, -0.2) is 56.4 Å².